The van der Waals surface area contributed by atoms with E-state index in [1.807, 2.05) is 38.1 Å². The Labute approximate surface area is 125 Å². The van der Waals surface area contributed by atoms with Gasteiger partial charge in [0.1, 0.15) is 23.2 Å². The van der Waals surface area contributed by atoms with Crippen LogP contribution < -0.4 is 15.4 Å². The molecule has 1 aromatic heterocycles. The molecule has 0 unspecified atom stereocenters. The first kappa shape index (κ1) is 15.1. The number of methoxy groups -OCH3 is 1. The quantitative estimate of drug-likeness (QED) is 0.848. The molecule has 0 aliphatic carbocycles. The smallest absolute Gasteiger partial charge is 0.136 e. The summed E-state index contributed by atoms with van der Waals surface area (Å²) in [6.45, 7) is 6.93. The lowest BCUT2D eigenvalue weighted by molar-refractivity contribution is 0.412. The summed E-state index contributed by atoms with van der Waals surface area (Å²) in [5.41, 5.74) is 2.06. The van der Waals surface area contributed by atoms with Crippen LogP contribution in [0.25, 0.3) is 0 Å². The number of nitrogens with one attached hydrogen (secondary N) is 2. The molecule has 0 saturated carbocycles. The number of anilines is 3. The highest BCUT2D eigenvalue weighted by atomic mass is 16.5. The Morgan fingerprint density at radius 2 is 1.86 bits per heavy atom. The molecule has 0 amide bonds. The first-order valence-electron chi connectivity index (χ1n) is 7.13. The van der Waals surface area contributed by atoms with Crippen LogP contribution >= 0.6 is 0 Å². The van der Waals surface area contributed by atoms with Gasteiger partial charge >= 0.3 is 0 Å². The van der Waals surface area contributed by atoms with Crippen LogP contribution in [0.15, 0.2) is 24.3 Å². The van der Waals surface area contributed by atoms with Crippen molar-refractivity contribution in [1.82, 2.24) is 9.97 Å². The summed E-state index contributed by atoms with van der Waals surface area (Å²) in [6, 6.07) is 7.88. The summed E-state index contributed by atoms with van der Waals surface area (Å²) >= 11 is 0. The minimum absolute atomic E-state index is 0.740. The second kappa shape index (κ2) is 6.92. The minimum atomic E-state index is 0.740. The normalized spacial score (nSPS) is 10.3. The summed E-state index contributed by atoms with van der Waals surface area (Å²) in [5.74, 6) is 3.25. The van der Waals surface area contributed by atoms with Gasteiger partial charge in [0.25, 0.3) is 0 Å². The van der Waals surface area contributed by atoms with E-state index >= 15 is 0 Å². The Hall–Kier alpha value is -2.30. The molecule has 0 bridgehead atoms. The van der Waals surface area contributed by atoms with Gasteiger partial charge in [-0.2, -0.15) is 0 Å². The second-order valence-electron chi connectivity index (χ2n) is 4.92. The molecule has 0 spiro atoms. The number of benzene rings is 1. The molecular formula is C16H22N4O. The average Bonchev–Trinajstić information content (AvgIpc) is 2.45. The van der Waals surface area contributed by atoms with Crippen molar-refractivity contribution in [3.8, 4) is 5.75 Å². The Morgan fingerprint density at radius 1 is 1.10 bits per heavy atom. The highest BCUT2D eigenvalue weighted by molar-refractivity contribution is 5.61. The van der Waals surface area contributed by atoms with Crippen molar-refractivity contribution in [3.05, 3.63) is 35.7 Å². The van der Waals surface area contributed by atoms with Gasteiger partial charge in [-0.1, -0.05) is 6.92 Å². The fraction of sp³-hybridized carbons (Fsp3) is 0.375. The van der Waals surface area contributed by atoms with Crippen molar-refractivity contribution in [1.29, 1.82) is 0 Å². The third-order valence-corrected chi connectivity index (χ3v) is 3.06. The van der Waals surface area contributed by atoms with Crippen LogP contribution in [0.4, 0.5) is 17.3 Å². The molecule has 21 heavy (non-hydrogen) atoms. The topological polar surface area (TPSA) is 59.1 Å². The number of aromatic nitrogens is 2. The van der Waals surface area contributed by atoms with Gasteiger partial charge in [0.15, 0.2) is 0 Å². The van der Waals surface area contributed by atoms with Crippen LogP contribution in [0.3, 0.4) is 0 Å². The van der Waals surface area contributed by atoms with Crippen LogP contribution in [0.2, 0.25) is 0 Å². The van der Waals surface area contributed by atoms with E-state index in [-0.39, 0.29) is 0 Å². The summed E-state index contributed by atoms with van der Waals surface area (Å²) in [4.78, 5) is 8.79. The van der Waals surface area contributed by atoms with E-state index in [0.29, 0.717) is 0 Å². The zero-order valence-electron chi connectivity index (χ0n) is 13.0. The van der Waals surface area contributed by atoms with E-state index in [1.54, 1.807) is 7.11 Å². The van der Waals surface area contributed by atoms with Crippen molar-refractivity contribution in [3.63, 3.8) is 0 Å². The van der Waals surface area contributed by atoms with Gasteiger partial charge in [-0.15, -0.1) is 0 Å². The molecule has 1 aromatic carbocycles. The lowest BCUT2D eigenvalue weighted by atomic mass is 10.2. The second-order valence-corrected chi connectivity index (χ2v) is 4.92. The lowest BCUT2D eigenvalue weighted by Gasteiger charge is -2.11. The van der Waals surface area contributed by atoms with E-state index in [1.165, 1.54) is 0 Å². The summed E-state index contributed by atoms with van der Waals surface area (Å²) in [7, 11) is 1.68. The standard InChI is InChI=1S/C16H22N4O/c1-5-8-17-15-10-16(19-12(3)18-15)20-13-6-7-14(21-4)11(2)9-13/h6-7,9-10H,5,8H2,1-4H3,(H2,17,18,19,20). The highest BCUT2D eigenvalue weighted by Crippen LogP contribution is 2.24. The molecule has 0 aliphatic rings. The van der Waals surface area contributed by atoms with E-state index in [9.17, 15) is 0 Å². The number of rotatable bonds is 6. The van der Waals surface area contributed by atoms with Crippen molar-refractivity contribution >= 4 is 17.3 Å². The van der Waals surface area contributed by atoms with Crippen molar-refractivity contribution in [2.24, 2.45) is 0 Å². The van der Waals surface area contributed by atoms with Crippen LogP contribution in [0, 0.1) is 13.8 Å². The molecule has 5 heteroatoms. The van der Waals surface area contributed by atoms with Crippen LogP contribution in [0.1, 0.15) is 24.7 Å². The third-order valence-electron chi connectivity index (χ3n) is 3.06. The molecule has 0 fully saturated rings. The number of aryl methyl sites for hydroxylation is 2. The molecule has 2 N–H and O–H groups in total. The largest absolute Gasteiger partial charge is 0.496 e. The summed E-state index contributed by atoms with van der Waals surface area (Å²) < 4.78 is 5.27. The third kappa shape index (κ3) is 4.08. The molecular weight excluding hydrogens is 264 g/mol. The fourth-order valence-corrected chi connectivity index (χ4v) is 2.08. The van der Waals surface area contributed by atoms with Gasteiger partial charge < -0.3 is 15.4 Å². The molecule has 0 saturated heterocycles. The van der Waals surface area contributed by atoms with Crippen molar-refractivity contribution < 1.29 is 4.74 Å². The van der Waals surface area contributed by atoms with Crippen LogP contribution in [0.5, 0.6) is 5.75 Å². The van der Waals surface area contributed by atoms with Gasteiger partial charge in [-0.3, -0.25) is 0 Å². The summed E-state index contributed by atoms with van der Waals surface area (Å²) in [6.07, 6.45) is 1.06. The van der Waals surface area contributed by atoms with Crippen LogP contribution in [-0.2, 0) is 0 Å². The van der Waals surface area contributed by atoms with E-state index < -0.39 is 0 Å². The maximum Gasteiger partial charge on any atom is 0.136 e. The SMILES string of the molecule is CCCNc1cc(Nc2ccc(OC)c(C)c2)nc(C)n1. The molecule has 5 nitrogen and oxygen atoms in total. The Bertz CT molecular complexity index is 613. The van der Waals surface area contributed by atoms with Gasteiger partial charge in [0, 0.05) is 18.3 Å². The molecule has 0 atom stereocenters. The van der Waals surface area contributed by atoms with E-state index in [4.69, 9.17) is 4.74 Å². The molecule has 2 rings (SSSR count). The van der Waals surface area contributed by atoms with Gasteiger partial charge in [-0.05, 0) is 44.0 Å². The number of hydrogen-bond acceptors (Lipinski definition) is 5. The van der Waals surface area contributed by atoms with E-state index in [0.717, 1.165) is 47.4 Å². The first-order valence-corrected chi connectivity index (χ1v) is 7.13. The Balaban J connectivity index is 2.18. The maximum absolute atomic E-state index is 5.27. The van der Waals surface area contributed by atoms with Crippen molar-refractivity contribution in [2.75, 3.05) is 24.3 Å². The zero-order chi connectivity index (χ0) is 15.2. The monoisotopic (exact) mass is 286 g/mol. The molecule has 0 aliphatic heterocycles. The maximum atomic E-state index is 5.27. The van der Waals surface area contributed by atoms with E-state index in [2.05, 4.69) is 27.5 Å². The van der Waals surface area contributed by atoms with Gasteiger partial charge in [0.05, 0.1) is 7.11 Å². The number of hydrogen-bond donors (Lipinski definition) is 2. The number of nitrogens with zero attached hydrogens (tertiary/aromatic N) is 2. The Kier molecular flexibility index (Phi) is 4.98. The molecule has 1 heterocycles. The van der Waals surface area contributed by atoms with Gasteiger partial charge in [-0.25, -0.2) is 9.97 Å². The lowest BCUT2D eigenvalue weighted by Crippen LogP contribution is -2.05. The van der Waals surface area contributed by atoms with Gasteiger partial charge in [0.2, 0.25) is 0 Å². The number of ether oxygens (including phenoxy) is 1. The predicted octanol–water partition coefficient (Wildman–Crippen LogP) is 3.67. The minimum Gasteiger partial charge on any atom is -0.496 e. The first-order chi connectivity index (χ1) is 10.1. The Morgan fingerprint density at radius 3 is 2.52 bits per heavy atom. The van der Waals surface area contributed by atoms with Crippen LogP contribution in [-0.4, -0.2) is 23.6 Å². The molecule has 2 aromatic rings. The summed E-state index contributed by atoms with van der Waals surface area (Å²) in [5, 5.41) is 6.59. The fourth-order valence-electron chi connectivity index (χ4n) is 2.08. The predicted molar refractivity (Wildman–Crippen MR) is 86.6 cm³/mol. The van der Waals surface area contributed by atoms with Crippen molar-refractivity contribution in [2.45, 2.75) is 27.2 Å². The average molecular weight is 286 g/mol. The highest BCUT2D eigenvalue weighted by Gasteiger charge is 2.04. The zero-order valence-corrected chi connectivity index (χ0v) is 13.0. The molecule has 0 radical (unpaired) electrons. The molecule has 112 valence electrons.